The van der Waals surface area contributed by atoms with Crippen LogP contribution in [0.4, 0.5) is 0 Å². The summed E-state index contributed by atoms with van der Waals surface area (Å²) in [6.07, 6.45) is 0. The van der Waals surface area contributed by atoms with Crippen LogP contribution in [0.25, 0.3) is 11.1 Å². The van der Waals surface area contributed by atoms with Crippen molar-refractivity contribution in [3.05, 3.63) is 57.6 Å². The summed E-state index contributed by atoms with van der Waals surface area (Å²) in [5.41, 5.74) is 11.2. The molecule has 0 aromatic heterocycles. The van der Waals surface area contributed by atoms with Gasteiger partial charge in [0.25, 0.3) is 0 Å². The highest BCUT2D eigenvalue weighted by Crippen LogP contribution is 2.34. The summed E-state index contributed by atoms with van der Waals surface area (Å²) in [5, 5.41) is 0. The second-order valence-corrected chi connectivity index (χ2v) is 5.38. The Kier molecular flexibility index (Phi) is 3.30. The second kappa shape index (κ2) is 4.61. The predicted molar refractivity (Wildman–Crippen MR) is 80.3 cm³/mol. The Morgan fingerprint density at radius 2 is 1.17 bits per heavy atom. The normalized spacial score (nSPS) is 10.8. The minimum Gasteiger partial charge on any atom is -0.0614 e. The van der Waals surface area contributed by atoms with Crippen LogP contribution in [0.5, 0.6) is 0 Å². The highest BCUT2D eigenvalue weighted by molar-refractivity contribution is 5.76. The van der Waals surface area contributed by atoms with Crippen molar-refractivity contribution in [3.8, 4) is 11.1 Å². The first-order valence-corrected chi connectivity index (χ1v) is 6.57. The average Bonchev–Trinajstić information content (AvgIpc) is 2.32. The molecule has 0 bridgehead atoms. The van der Waals surface area contributed by atoms with Gasteiger partial charge in [-0.1, -0.05) is 24.3 Å². The Morgan fingerprint density at radius 1 is 0.611 bits per heavy atom. The molecule has 0 N–H and O–H groups in total. The van der Waals surface area contributed by atoms with Crippen LogP contribution in [0.2, 0.25) is 0 Å². The van der Waals surface area contributed by atoms with Gasteiger partial charge in [-0.25, -0.2) is 0 Å². The van der Waals surface area contributed by atoms with Crippen LogP contribution in [0.3, 0.4) is 0 Å². The third-order valence-corrected chi connectivity index (χ3v) is 4.24. The first-order valence-electron chi connectivity index (χ1n) is 6.57. The van der Waals surface area contributed by atoms with Crippen LogP contribution in [0, 0.1) is 41.5 Å². The van der Waals surface area contributed by atoms with Gasteiger partial charge in [-0.15, -0.1) is 0 Å². The third kappa shape index (κ3) is 1.96. The Morgan fingerprint density at radius 3 is 1.72 bits per heavy atom. The zero-order valence-electron chi connectivity index (χ0n) is 12.3. The predicted octanol–water partition coefficient (Wildman–Crippen LogP) is 5.20. The van der Waals surface area contributed by atoms with Gasteiger partial charge in [0, 0.05) is 0 Å². The molecule has 0 atom stereocenters. The van der Waals surface area contributed by atoms with Gasteiger partial charge < -0.3 is 0 Å². The van der Waals surface area contributed by atoms with Crippen LogP contribution >= 0.6 is 0 Å². The van der Waals surface area contributed by atoms with Crippen LogP contribution < -0.4 is 0 Å². The first-order chi connectivity index (χ1) is 8.43. The zero-order valence-corrected chi connectivity index (χ0v) is 12.3. The van der Waals surface area contributed by atoms with Gasteiger partial charge in [0.1, 0.15) is 0 Å². The van der Waals surface area contributed by atoms with Crippen molar-refractivity contribution in [2.24, 2.45) is 0 Å². The number of aryl methyl sites for hydroxylation is 3. The van der Waals surface area contributed by atoms with Gasteiger partial charge in [-0.3, -0.25) is 0 Å². The third-order valence-electron chi connectivity index (χ3n) is 4.24. The van der Waals surface area contributed by atoms with E-state index in [0.29, 0.717) is 0 Å². The standard InChI is InChI=1S/C18H22/c1-11-8-7-9-17(14(11)4)18-15(5)12(2)10-13(3)16(18)6/h7-10H,1-6H3. The van der Waals surface area contributed by atoms with Crippen molar-refractivity contribution in [1.29, 1.82) is 0 Å². The van der Waals surface area contributed by atoms with Gasteiger partial charge in [-0.05, 0) is 86.1 Å². The molecule has 0 radical (unpaired) electrons. The van der Waals surface area contributed by atoms with E-state index in [0.717, 1.165) is 0 Å². The van der Waals surface area contributed by atoms with Crippen molar-refractivity contribution in [3.63, 3.8) is 0 Å². The Labute approximate surface area is 111 Å². The molecular weight excluding hydrogens is 216 g/mol. The van der Waals surface area contributed by atoms with Crippen molar-refractivity contribution in [1.82, 2.24) is 0 Å². The summed E-state index contributed by atoms with van der Waals surface area (Å²) < 4.78 is 0. The largest absolute Gasteiger partial charge is 0.0614 e. The first kappa shape index (κ1) is 12.9. The topological polar surface area (TPSA) is 0 Å². The molecule has 0 aliphatic carbocycles. The van der Waals surface area contributed by atoms with Gasteiger partial charge >= 0.3 is 0 Å². The number of rotatable bonds is 1. The van der Waals surface area contributed by atoms with Crippen molar-refractivity contribution >= 4 is 0 Å². The minimum absolute atomic E-state index is 1.37. The summed E-state index contributed by atoms with van der Waals surface area (Å²) in [6.45, 7) is 13.3. The lowest BCUT2D eigenvalue weighted by molar-refractivity contribution is 1.23. The Balaban J connectivity index is 2.83. The molecule has 2 rings (SSSR count). The van der Waals surface area contributed by atoms with E-state index >= 15 is 0 Å². The molecule has 0 saturated heterocycles. The van der Waals surface area contributed by atoms with E-state index in [2.05, 4.69) is 65.8 Å². The van der Waals surface area contributed by atoms with Gasteiger partial charge in [0.15, 0.2) is 0 Å². The van der Waals surface area contributed by atoms with Crippen LogP contribution in [-0.4, -0.2) is 0 Å². The summed E-state index contributed by atoms with van der Waals surface area (Å²) in [4.78, 5) is 0. The van der Waals surface area contributed by atoms with Crippen LogP contribution in [0.1, 0.15) is 33.4 Å². The molecule has 0 aliphatic rings. The number of hydrogen-bond donors (Lipinski definition) is 0. The van der Waals surface area contributed by atoms with Gasteiger partial charge in [0.2, 0.25) is 0 Å². The molecule has 0 nitrogen and oxygen atoms in total. The Bertz CT molecular complexity index is 578. The van der Waals surface area contributed by atoms with E-state index in [9.17, 15) is 0 Å². The minimum atomic E-state index is 1.37. The number of hydrogen-bond acceptors (Lipinski definition) is 0. The maximum Gasteiger partial charge on any atom is -0.0117 e. The lowest BCUT2D eigenvalue weighted by atomic mass is 9.87. The summed E-state index contributed by atoms with van der Waals surface area (Å²) >= 11 is 0. The summed E-state index contributed by atoms with van der Waals surface area (Å²) in [5.74, 6) is 0. The SMILES string of the molecule is Cc1cccc(-c2c(C)c(C)cc(C)c2C)c1C. The van der Waals surface area contributed by atoms with E-state index < -0.39 is 0 Å². The molecule has 0 aliphatic heterocycles. The molecule has 2 aromatic rings. The molecule has 0 heterocycles. The average molecular weight is 238 g/mol. The summed E-state index contributed by atoms with van der Waals surface area (Å²) in [6, 6.07) is 8.89. The smallest absolute Gasteiger partial charge is 0.0117 e. The maximum atomic E-state index is 2.29. The molecule has 0 spiro atoms. The van der Waals surface area contributed by atoms with Crippen LogP contribution in [0.15, 0.2) is 24.3 Å². The lowest BCUT2D eigenvalue weighted by Crippen LogP contribution is -1.97. The fraction of sp³-hybridized carbons (Fsp3) is 0.333. The van der Waals surface area contributed by atoms with Crippen molar-refractivity contribution < 1.29 is 0 Å². The maximum absolute atomic E-state index is 2.29. The molecule has 0 fully saturated rings. The van der Waals surface area contributed by atoms with E-state index in [1.165, 1.54) is 44.5 Å². The zero-order chi connectivity index (χ0) is 13.4. The second-order valence-electron chi connectivity index (χ2n) is 5.38. The molecular formula is C18H22. The number of benzene rings is 2. The molecule has 0 saturated carbocycles. The van der Waals surface area contributed by atoms with Gasteiger partial charge in [-0.2, -0.15) is 0 Å². The molecule has 94 valence electrons. The van der Waals surface area contributed by atoms with E-state index in [1.807, 2.05) is 0 Å². The molecule has 0 unspecified atom stereocenters. The van der Waals surface area contributed by atoms with Crippen molar-refractivity contribution in [2.45, 2.75) is 41.5 Å². The molecule has 0 amide bonds. The highest BCUT2D eigenvalue weighted by Gasteiger charge is 2.12. The quantitative estimate of drug-likeness (QED) is 0.640. The fourth-order valence-corrected chi connectivity index (χ4v) is 2.64. The lowest BCUT2D eigenvalue weighted by Gasteiger charge is -2.18. The van der Waals surface area contributed by atoms with Crippen LogP contribution in [-0.2, 0) is 0 Å². The van der Waals surface area contributed by atoms with Gasteiger partial charge in [0.05, 0.1) is 0 Å². The van der Waals surface area contributed by atoms with E-state index in [-0.39, 0.29) is 0 Å². The fourth-order valence-electron chi connectivity index (χ4n) is 2.64. The highest BCUT2D eigenvalue weighted by atomic mass is 14.2. The van der Waals surface area contributed by atoms with E-state index in [4.69, 9.17) is 0 Å². The van der Waals surface area contributed by atoms with Crippen molar-refractivity contribution in [2.75, 3.05) is 0 Å². The molecule has 0 heteroatoms. The Hall–Kier alpha value is -1.56. The monoisotopic (exact) mass is 238 g/mol. The molecule has 18 heavy (non-hydrogen) atoms. The van der Waals surface area contributed by atoms with E-state index in [1.54, 1.807) is 0 Å². The molecule has 2 aromatic carbocycles. The summed E-state index contributed by atoms with van der Waals surface area (Å²) in [7, 11) is 0.